The topological polar surface area (TPSA) is 66.8 Å². The van der Waals surface area contributed by atoms with Crippen LogP contribution in [0.2, 0.25) is 0 Å². The Hall–Kier alpha value is -0.610. The van der Waals surface area contributed by atoms with Gasteiger partial charge in [-0.3, -0.25) is 4.79 Å². The van der Waals surface area contributed by atoms with E-state index in [9.17, 15) is 15.0 Å². The Morgan fingerprint density at radius 2 is 1.56 bits per heavy atom. The maximum absolute atomic E-state index is 13.3. The Balaban J connectivity index is 1.56. The lowest BCUT2D eigenvalue weighted by molar-refractivity contribution is -0.250. The summed E-state index contributed by atoms with van der Waals surface area (Å²) in [6.07, 6.45) is 10.1. The second-order valence-corrected chi connectivity index (χ2v) is 14.7. The second-order valence-electron chi connectivity index (χ2n) is 14.7. The van der Waals surface area contributed by atoms with Gasteiger partial charge in [0.1, 0.15) is 0 Å². The molecule has 0 aromatic rings. The predicted molar refractivity (Wildman–Crippen MR) is 134 cm³/mol. The van der Waals surface area contributed by atoms with Crippen molar-refractivity contribution in [3.8, 4) is 0 Å². The number of methoxy groups -OCH3 is 1. The molecule has 0 spiro atoms. The van der Waals surface area contributed by atoms with Crippen molar-refractivity contribution in [1.82, 2.24) is 0 Å². The summed E-state index contributed by atoms with van der Waals surface area (Å²) in [5, 5.41) is 21.7. The summed E-state index contributed by atoms with van der Waals surface area (Å²) < 4.78 is 5.44. The average molecular weight is 475 g/mol. The lowest BCUT2D eigenvalue weighted by Crippen LogP contribution is -2.67. The Morgan fingerprint density at radius 3 is 2.21 bits per heavy atom. The van der Waals surface area contributed by atoms with Gasteiger partial charge in [0.15, 0.2) is 0 Å². The van der Waals surface area contributed by atoms with Crippen molar-refractivity contribution in [3.63, 3.8) is 0 Å². The number of hydrogen-bond donors (Lipinski definition) is 2. The molecular formula is C30H50O4. The molecule has 0 aromatic carbocycles. The molecule has 0 aromatic heterocycles. The van der Waals surface area contributed by atoms with Crippen molar-refractivity contribution in [3.05, 3.63) is 0 Å². The number of aliphatic hydroxyl groups is 2. The quantitative estimate of drug-likeness (QED) is 0.483. The van der Waals surface area contributed by atoms with Gasteiger partial charge in [0.05, 0.1) is 24.7 Å². The zero-order valence-corrected chi connectivity index (χ0v) is 22.8. The lowest BCUT2D eigenvalue weighted by Gasteiger charge is -2.72. The minimum Gasteiger partial charge on any atom is -0.469 e. The standard InChI is InChI=1S/C30H50O4/c1-18(31)19-10-15-30(25(33)34-7)17-16-28(5)20(24(19)30)8-9-22-27(4)13-12-23(32)26(2,3)21(27)11-14-29(22,28)6/h18-24,31-32H,8-17H2,1-7H3/t18-,19?,20?,21?,22?,23-,24?,27-,28+,29+,30-/m0/s1. The van der Waals surface area contributed by atoms with Crippen LogP contribution in [0.15, 0.2) is 0 Å². The minimum absolute atomic E-state index is 0.0198. The molecule has 0 radical (unpaired) electrons. The smallest absolute Gasteiger partial charge is 0.312 e. The molecule has 5 aliphatic rings. The minimum atomic E-state index is -0.401. The van der Waals surface area contributed by atoms with E-state index >= 15 is 0 Å². The summed E-state index contributed by atoms with van der Waals surface area (Å²) in [6.45, 7) is 14.3. The highest BCUT2D eigenvalue weighted by atomic mass is 16.5. The van der Waals surface area contributed by atoms with Crippen LogP contribution < -0.4 is 0 Å². The summed E-state index contributed by atoms with van der Waals surface area (Å²) in [4.78, 5) is 13.3. The summed E-state index contributed by atoms with van der Waals surface area (Å²) >= 11 is 0. The molecule has 5 aliphatic carbocycles. The molecule has 194 valence electrons. The first-order valence-electron chi connectivity index (χ1n) is 14.2. The molecule has 0 saturated heterocycles. The molecule has 2 N–H and O–H groups in total. The van der Waals surface area contributed by atoms with E-state index < -0.39 is 5.41 Å². The molecule has 4 nitrogen and oxygen atoms in total. The maximum atomic E-state index is 13.3. The molecule has 5 rings (SSSR count). The molecule has 34 heavy (non-hydrogen) atoms. The summed E-state index contributed by atoms with van der Waals surface area (Å²) in [6, 6.07) is 0. The molecule has 0 aliphatic heterocycles. The number of ether oxygens (including phenoxy) is 1. The first-order chi connectivity index (χ1) is 15.8. The third-order valence-corrected chi connectivity index (χ3v) is 13.7. The highest BCUT2D eigenvalue weighted by Crippen LogP contribution is 2.77. The van der Waals surface area contributed by atoms with E-state index in [-0.39, 0.29) is 51.7 Å². The van der Waals surface area contributed by atoms with Crippen LogP contribution in [0, 0.1) is 56.7 Å². The molecule has 11 atom stereocenters. The zero-order valence-electron chi connectivity index (χ0n) is 22.8. The number of hydrogen-bond acceptors (Lipinski definition) is 4. The Labute approximate surface area is 207 Å². The maximum Gasteiger partial charge on any atom is 0.312 e. The zero-order chi connectivity index (χ0) is 24.9. The number of esters is 1. The average Bonchev–Trinajstić information content (AvgIpc) is 3.18. The third-order valence-electron chi connectivity index (χ3n) is 13.7. The van der Waals surface area contributed by atoms with Crippen LogP contribution in [0.5, 0.6) is 0 Å². The van der Waals surface area contributed by atoms with Crippen LogP contribution >= 0.6 is 0 Å². The van der Waals surface area contributed by atoms with Crippen LogP contribution in [0.25, 0.3) is 0 Å². The number of carbonyl (C=O) groups is 1. The van der Waals surface area contributed by atoms with Crippen LogP contribution in [0.3, 0.4) is 0 Å². The molecule has 0 amide bonds. The number of carbonyl (C=O) groups excluding carboxylic acids is 1. The summed E-state index contributed by atoms with van der Waals surface area (Å²) in [7, 11) is 1.55. The van der Waals surface area contributed by atoms with E-state index in [1.165, 1.54) is 19.3 Å². The summed E-state index contributed by atoms with van der Waals surface area (Å²) in [5.74, 6) is 2.09. The van der Waals surface area contributed by atoms with Crippen molar-refractivity contribution in [2.75, 3.05) is 7.11 Å². The van der Waals surface area contributed by atoms with Gasteiger partial charge in [0.2, 0.25) is 0 Å². The fraction of sp³-hybridized carbons (Fsp3) is 0.967. The molecular weight excluding hydrogens is 424 g/mol. The fourth-order valence-corrected chi connectivity index (χ4v) is 11.7. The van der Waals surface area contributed by atoms with Gasteiger partial charge in [-0.05, 0) is 122 Å². The monoisotopic (exact) mass is 474 g/mol. The second kappa shape index (κ2) is 7.70. The van der Waals surface area contributed by atoms with Crippen molar-refractivity contribution in [2.45, 2.75) is 118 Å². The van der Waals surface area contributed by atoms with Gasteiger partial charge >= 0.3 is 5.97 Å². The van der Waals surface area contributed by atoms with E-state index in [2.05, 4.69) is 34.6 Å². The van der Waals surface area contributed by atoms with Crippen molar-refractivity contribution in [2.24, 2.45) is 56.7 Å². The van der Waals surface area contributed by atoms with Crippen molar-refractivity contribution in [1.29, 1.82) is 0 Å². The van der Waals surface area contributed by atoms with Crippen molar-refractivity contribution < 1.29 is 19.7 Å². The lowest BCUT2D eigenvalue weighted by atomic mass is 9.32. The van der Waals surface area contributed by atoms with E-state index in [0.29, 0.717) is 17.8 Å². The molecule has 0 heterocycles. The molecule has 5 fully saturated rings. The normalized spacial score (nSPS) is 54.7. The fourth-order valence-electron chi connectivity index (χ4n) is 11.7. The van der Waals surface area contributed by atoms with Gasteiger partial charge in [0.25, 0.3) is 0 Å². The largest absolute Gasteiger partial charge is 0.469 e. The van der Waals surface area contributed by atoms with E-state index in [1.54, 1.807) is 7.11 Å². The highest BCUT2D eigenvalue weighted by molar-refractivity contribution is 5.78. The molecule has 5 unspecified atom stereocenters. The van der Waals surface area contributed by atoms with Gasteiger partial charge < -0.3 is 14.9 Å². The van der Waals surface area contributed by atoms with E-state index in [1.807, 2.05) is 6.92 Å². The molecule has 5 saturated carbocycles. The van der Waals surface area contributed by atoms with E-state index in [0.717, 1.165) is 44.9 Å². The SMILES string of the molecule is COC(=O)[C@]12CCC([C@H](C)O)C1C1CCC3[C@@]4(C)CC[C@H](O)C(C)(C)C4CC[C@@]3(C)[C@]1(C)CC2. The van der Waals surface area contributed by atoms with Gasteiger partial charge in [-0.2, -0.15) is 0 Å². The summed E-state index contributed by atoms with van der Waals surface area (Å²) in [5.41, 5.74) is 0.237. The number of aliphatic hydroxyl groups excluding tert-OH is 2. The van der Waals surface area contributed by atoms with Crippen LogP contribution in [0.1, 0.15) is 106 Å². The van der Waals surface area contributed by atoms with Crippen LogP contribution in [0.4, 0.5) is 0 Å². The van der Waals surface area contributed by atoms with E-state index in [4.69, 9.17) is 4.74 Å². The molecule has 4 heteroatoms. The predicted octanol–water partition coefficient (Wildman–Crippen LogP) is 5.98. The Bertz CT molecular complexity index is 836. The Morgan fingerprint density at radius 1 is 0.853 bits per heavy atom. The first kappa shape index (κ1) is 25.1. The third kappa shape index (κ3) is 2.88. The van der Waals surface area contributed by atoms with Gasteiger partial charge in [0, 0.05) is 0 Å². The van der Waals surface area contributed by atoms with Crippen molar-refractivity contribution >= 4 is 5.97 Å². The van der Waals surface area contributed by atoms with Crippen LogP contribution in [-0.4, -0.2) is 35.5 Å². The number of fused-ring (bicyclic) bond motifs is 7. The van der Waals surface area contributed by atoms with Crippen LogP contribution in [-0.2, 0) is 9.53 Å². The Kier molecular flexibility index (Phi) is 5.67. The number of rotatable bonds is 2. The molecule has 0 bridgehead atoms. The first-order valence-corrected chi connectivity index (χ1v) is 14.2. The highest BCUT2D eigenvalue weighted by Gasteiger charge is 2.72. The van der Waals surface area contributed by atoms with Gasteiger partial charge in [-0.25, -0.2) is 0 Å². The van der Waals surface area contributed by atoms with Gasteiger partial charge in [-0.1, -0.05) is 34.6 Å². The van der Waals surface area contributed by atoms with Gasteiger partial charge in [-0.15, -0.1) is 0 Å².